The maximum atomic E-state index is 13.4. The van der Waals surface area contributed by atoms with Crippen LogP contribution in [0.2, 0.25) is 0 Å². The highest BCUT2D eigenvalue weighted by Gasteiger charge is 2.31. The summed E-state index contributed by atoms with van der Waals surface area (Å²) in [6.07, 6.45) is 1.58. The van der Waals surface area contributed by atoms with Crippen molar-refractivity contribution in [2.24, 2.45) is 5.92 Å². The molecule has 0 unspecified atom stereocenters. The van der Waals surface area contributed by atoms with Crippen molar-refractivity contribution < 1.29 is 19.1 Å². The van der Waals surface area contributed by atoms with E-state index in [1.165, 1.54) is 0 Å². The van der Waals surface area contributed by atoms with E-state index in [-0.39, 0.29) is 17.8 Å². The molecule has 2 heterocycles. The highest BCUT2D eigenvalue weighted by Crippen LogP contribution is 2.24. The first-order chi connectivity index (χ1) is 13.9. The van der Waals surface area contributed by atoms with Crippen LogP contribution in [0.25, 0.3) is 0 Å². The lowest BCUT2D eigenvalue weighted by molar-refractivity contribution is -0.149. The summed E-state index contributed by atoms with van der Waals surface area (Å²) in [5.74, 6) is 0.332. The van der Waals surface area contributed by atoms with Gasteiger partial charge in [-0.1, -0.05) is 12.1 Å². The lowest BCUT2D eigenvalue weighted by Crippen LogP contribution is -2.43. The van der Waals surface area contributed by atoms with E-state index in [9.17, 15) is 9.59 Å². The van der Waals surface area contributed by atoms with Crippen molar-refractivity contribution in [2.75, 3.05) is 26.8 Å². The van der Waals surface area contributed by atoms with E-state index in [1.807, 2.05) is 44.2 Å². The smallest absolute Gasteiger partial charge is 0.310 e. The third-order valence-corrected chi connectivity index (χ3v) is 5.50. The lowest BCUT2D eigenvalue weighted by atomic mass is 9.97. The number of hydrogen-bond donors (Lipinski definition) is 0. The summed E-state index contributed by atoms with van der Waals surface area (Å²) in [7, 11) is 1.65. The largest absolute Gasteiger partial charge is 0.497 e. The van der Waals surface area contributed by atoms with E-state index in [0.717, 1.165) is 35.4 Å². The number of rotatable bonds is 6. The van der Waals surface area contributed by atoms with Crippen molar-refractivity contribution in [1.29, 1.82) is 0 Å². The number of methoxy groups -OCH3 is 1. The maximum Gasteiger partial charge on any atom is 0.310 e. The summed E-state index contributed by atoms with van der Waals surface area (Å²) in [4.78, 5) is 27.4. The number of esters is 1. The van der Waals surface area contributed by atoms with Gasteiger partial charge in [-0.2, -0.15) is 0 Å². The zero-order chi connectivity index (χ0) is 21.0. The number of nitrogens with zero attached hydrogens (tertiary/aromatic N) is 2. The summed E-state index contributed by atoms with van der Waals surface area (Å²) in [6.45, 7) is 7.83. The molecule has 0 saturated carbocycles. The Kier molecular flexibility index (Phi) is 6.62. The number of benzene rings is 1. The minimum Gasteiger partial charge on any atom is -0.497 e. The monoisotopic (exact) mass is 398 g/mol. The van der Waals surface area contributed by atoms with Gasteiger partial charge in [0.25, 0.3) is 5.91 Å². The maximum absolute atomic E-state index is 13.4. The van der Waals surface area contributed by atoms with Gasteiger partial charge in [0, 0.05) is 25.3 Å². The van der Waals surface area contributed by atoms with Crippen LogP contribution in [-0.4, -0.2) is 48.1 Å². The van der Waals surface area contributed by atoms with Gasteiger partial charge >= 0.3 is 5.97 Å². The van der Waals surface area contributed by atoms with Crippen molar-refractivity contribution in [2.45, 2.75) is 40.2 Å². The molecule has 1 aromatic carbocycles. The van der Waals surface area contributed by atoms with Crippen LogP contribution in [0.5, 0.6) is 5.75 Å². The second-order valence-electron chi connectivity index (χ2n) is 7.60. The van der Waals surface area contributed by atoms with E-state index in [0.29, 0.717) is 31.9 Å². The average Bonchev–Trinajstić information content (AvgIpc) is 3.00. The van der Waals surface area contributed by atoms with Gasteiger partial charge in [0.05, 0.1) is 19.6 Å². The predicted molar refractivity (Wildman–Crippen MR) is 111 cm³/mol. The zero-order valence-corrected chi connectivity index (χ0v) is 17.7. The molecule has 6 heteroatoms. The molecule has 0 radical (unpaired) electrons. The van der Waals surface area contributed by atoms with Crippen molar-refractivity contribution in [3.63, 3.8) is 0 Å². The number of likely N-dealkylation sites (tertiary alicyclic amines) is 1. The summed E-state index contributed by atoms with van der Waals surface area (Å²) < 4.78 is 12.6. The normalized spacial score (nSPS) is 16.6. The Morgan fingerprint density at radius 1 is 1.21 bits per heavy atom. The van der Waals surface area contributed by atoms with Gasteiger partial charge in [-0.3, -0.25) is 9.59 Å². The van der Waals surface area contributed by atoms with Crippen LogP contribution in [0.4, 0.5) is 0 Å². The Bertz CT molecular complexity index is 887. The summed E-state index contributed by atoms with van der Waals surface area (Å²) in [5, 5.41) is 0. The van der Waals surface area contributed by atoms with Crippen molar-refractivity contribution in [1.82, 2.24) is 9.47 Å². The number of amides is 1. The highest BCUT2D eigenvalue weighted by atomic mass is 16.5. The lowest BCUT2D eigenvalue weighted by Gasteiger charge is -2.32. The van der Waals surface area contributed by atoms with Gasteiger partial charge in [0.15, 0.2) is 0 Å². The van der Waals surface area contributed by atoms with E-state index >= 15 is 0 Å². The second kappa shape index (κ2) is 9.16. The van der Waals surface area contributed by atoms with Crippen molar-refractivity contribution in [3.8, 4) is 5.75 Å². The average molecular weight is 399 g/mol. The Hall–Kier alpha value is -2.76. The summed E-state index contributed by atoms with van der Waals surface area (Å²) >= 11 is 0. The molecule has 1 aliphatic rings. The molecule has 0 spiro atoms. The van der Waals surface area contributed by atoms with Crippen LogP contribution in [0.3, 0.4) is 0 Å². The molecule has 1 amide bonds. The van der Waals surface area contributed by atoms with Gasteiger partial charge < -0.3 is 18.9 Å². The number of piperidine rings is 1. The standard InChI is InChI=1S/C23H30N2O4/c1-5-29-23(27)19-9-7-11-24(15-19)22(26)21-16(2)12-17(3)25(21)14-18-8-6-10-20(13-18)28-4/h6,8,10,12-13,19H,5,7,9,11,14-15H2,1-4H3/t19-/m0/s1. The fraction of sp³-hybridized carbons (Fsp3) is 0.478. The molecule has 1 saturated heterocycles. The fourth-order valence-corrected chi connectivity index (χ4v) is 4.05. The molecule has 2 aromatic rings. The summed E-state index contributed by atoms with van der Waals surface area (Å²) in [6, 6.07) is 9.92. The number of carbonyl (C=O) groups excluding carboxylic acids is 2. The molecular weight excluding hydrogens is 368 g/mol. The molecule has 0 bridgehead atoms. The van der Waals surface area contributed by atoms with Crippen LogP contribution >= 0.6 is 0 Å². The minimum atomic E-state index is -0.240. The van der Waals surface area contributed by atoms with E-state index in [1.54, 1.807) is 18.9 Å². The fourth-order valence-electron chi connectivity index (χ4n) is 4.05. The predicted octanol–water partition coefficient (Wildman–Crippen LogP) is 3.58. The van der Waals surface area contributed by atoms with Crippen LogP contribution in [0.15, 0.2) is 30.3 Å². The van der Waals surface area contributed by atoms with Gasteiger partial charge in [-0.25, -0.2) is 0 Å². The quantitative estimate of drug-likeness (QED) is 0.698. The number of aromatic nitrogens is 1. The van der Waals surface area contributed by atoms with Gasteiger partial charge in [0.2, 0.25) is 0 Å². The van der Waals surface area contributed by atoms with Crippen molar-refractivity contribution in [3.05, 3.63) is 52.8 Å². The first kappa shape index (κ1) is 21.0. The molecule has 1 atom stereocenters. The summed E-state index contributed by atoms with van der Waals surface area (Å²) in [5.41, 5.74) is 3.75. The first-order valence-electron chi connectivity index (χ1n) is 10.2. The number of ether oxygens (including phenoxy) is 2. The SMILES string of the molecule is CCOC(=O)[C@H]1CCCN(C(=O)c2c(C)cc(C)n2Cc2cccc(OC)c2)C1. The molecule has 3 rings (SSSR count). The zero-order valence-electron chi connectivity index (χ0n) is 17.7. The third kappa shape index (κ3) is 4.63. The Labute approximate surface area is 172 Å². The van der Waals surface area contributed by atoms with E-state index in [2.05, 4.69) is 4.57 Å². The first-order valence-corrected chi connectivity index (χ1v) is 10.2. The number of hydrogen-bond acceptors (Lipinski definition) is 4. The molecule has 1 aromatic heterocycles. The number of aryl methyl sites for hydroxylation is 2. The van der Waals surface area contributed by atoms with Crippen LogP contribution in [0.1, 0.15) is 47.1 Å². The van der Waals surface area contributed by atoms with Crippen LogP contribution < -0.4 is 4.74 Å². The van der Waals surface area contributed by atoms with Crippen LogP contribution in [-0.2, 0) is 16.1 Å². The number of carbonyl (C=O) groups is 2. The molecule has 1 aliphatic heterocycles. The molecule has 1 fully saturated rings. The Morgan fingerprint density at radius 2 is 2.00 bits per heavy atom. The molecule has 156 valence electrons. The Balaban J connectivity index is 1.84. The van der Waals surface area contributed by atoms with E-state index in [4.69, 9.17) is 9.47 Å². The molecular formula is C23H30N2O4. The van der Waals surface area contributed by atoms with E-state index < -0.39 is 0 Å². The topological polar surface area (TPSA) is 60.8 Å². The third-order valence-electron chi connectivity index (χ3n) is 5.50. The molecule has 6 nitrogen and oxygen atoms in total. The van der Waals surface area contributed by atoms with Crippen LogP contribution in [0, 0.1) is 19.8 Å². The second-order valence-corrected chi connectivity index (χ2v) is 7.60. The highest BCUT2D eigenvalue weighted by molar-refractivity contribution is 5.95. The molecule has 0 aliphatic carbocycles. The minimum absolute atomic E-state index is 0.0208. The van der Waals surface area contributed by atoms with Crippen molar-refractivity contribution >= 4 is 11.9 Å². The van der Waals surface area contributed by atoms with Gasteiger partial charge in [-0.05, 0) is 62.9 Å². The van der Waals surface area contributed by atoms with Gasteiger partial charge in [0.1, 0.15) is 11.4 Å². The molecule has 0 N–H and O–H groups in total. The van der Waals surface area contributed by atoms with Gasteiger partial charge in [-0.15, -0.1) is 0 Å². The molecule has 29 heavy (non-hydrogen) atoms. The Morgan fingerprint density at radius 3 is 2.72 bits per heavy atom.